The lowest BCUT2D eigenvalue weighted by molar-refractivity contribution is -0.121. The first-order chi connectivity index (χ1) is 14.7. The number of hydrogen-bond donors (Lipinski definition) is 2. The highest BCUT2D eigenvalue weighted by Gasteiger charge is 2.23. The Hall–Kier alpha value is -3.28. The number of methoxy groups -OCH3 is 1. The van der Waals surface area contributed by atoms with Crippen molar-refractivity contribution in [3.05, 3.63) is 66.2 Å². The molecule has 1 amide bonds. The van der Waals surface area contributed by atoms with E-state index in [2.05, 4.69) is 38.6 Å². The van der Waals surface area contributed by atoms with E-state index in [4.69, 9.17) is 4.74 Å². The molecule has 1 aliphatic rings. The quantitative estimate of drug-likeness (QED) is 0.628. The van der Waals surface area contributed by atoms with E-state index in [9.17, 15) is 4.79 Å². The van der Waals surface area contributed by atoms with Crippen LogP contribution in [0.5, 0.6) is 5.75 Å². The summed E-state index contributed by atoms with van der Waals surface area (Å²) in [5.41, 5.74) is 3.24. The van der Waals surface area contributed by atoms with E-state index in [1.165, 1.54) is 5.56 Å². The Kier molecular flexibility index (Phi) is 6.32. The molecule has 0 saturated carbocycles. The molecule has 1 atom stereocenters. The van der Waals surface area contributed by atoms with Crippen molar-refractivity contribution < 1.29 is 9.53 Å². The third-order valence-electron chi connectivity index (χ3n) is 5.56. The second-order valence-corrected chi connectivity index (χ2v) is 7.71. The molecule has 6 nitrogen and oxygen atoms in total. The van der Waals surface area contributed by atoms with Crippen LogP contribution in [0.15, 0.2) is 60.7 Å². The number of hydrogen-bond acceptors (Lipinski definition) is 4. The second-order valence-electron chi connectivity index (χ2n) is 7.71. The fourth-order valence-corrected chi connectivity index (χ4v) is 3.90. The second kappa shape index (κ2) is 9.48. The summed E-state index contributed by atoms with van der Waals surface area (Å²) in [6, 6.07) is 20.3. The number of carbonyl (C=O) groups excluding carboxylic acids is 1. The monoisotopic (exact) mass is 404 g/mol. The van der Waals surface area contributed by atoms with Gasteiger partial charge in [-0.15, -0.1) is 0 Å². The van der Waals surface area contributed by atoms with Gasteiger partial charge in [0.05, 0.1) is 12.8 Å². The molecule has 0 radical (unpaired) electrons. The van der Waals surface area contributed by atoms with E-state index in [0.717, 1.165) is 55.2 Å². The largest absolute Gasteiger partial charge is 0.497 e. The van der Waals surface area contributed by atoms with Crippen molar-refractivity contribution in [3.8, 4) is 17.0 Å². The Morgan fingerprint density at radius 1 is 1.20 bits per heavy atom. The van der Waals surface area contributed by atoms with Crippen molar-refractivity contribution in [1.82, 2.24) is 15.5 Å². The first kappa shape index (κ1) is 20.0. The normalized spacial score (nSPS) is 16.3. The van der Waals surface area contributed by atoms with Crippen LogP contribution in [0.1, 0.15) is 24.8 Å². The number of aromatic nitrogens is 2. The Balaban J connectivity index is 1.32. The van der Waals surface area contributed by atoms with Gasteiger partial charge in [-0.25, -0.2) is 0 Å². The zero-order valence-electron chi connectivity index (χ0n) is 17.3. The van der Waals surface area contributed by atoms with E-state index in [1.54, 1.807) is 7.11 Å². The highest BCUT2D eigenvalue weighted by atomic mass is 16.5. The van der Waals surface area contributed by atoms with Crippen LogP contribution in [0.4, 0.5) is 5.82 Å². The zero-order chi connectivity index (χ0) is 20.8. The maximum absolute atomic E-state index is 12.4. The number of nitrogens with zero attached hydrogens (tertiary/aromatic N) is 2. The lowest BCUT2D eigenvalue weighted by Gasteiger charge is -2.33. The van der Waals surface area contributed by atoms with Gasteiger partial charge >= 0.3 is 0 Å². The number of amides is 1. The average Bonchev–Trinajstić information content (AvgIpc) is 3.29. The molecule has 1 fully saturated rings. The highest BCUT2D eigenvalue weighted by molar-refractivity contribution is 5.76. The number of carbonyl (C=O) groups is 1. The van der Waals surface area contributed by atoms with Crippen molar-refractivity contribution in [2.24, 2.45) is 0 Å². The first-order valence-corrected chi connectivity index (χ1v) is 10.5. The molecule has 156 valence electrons. The van der Waals surface area contributed by atoms with Crippen LogP contribution in [0.2, 0.25) is 0 Å². The Bertz CT molecular complexity index is 953. The molecular formula is C24H28N4O2. The summed E-state index contributed by atoms with van der Waals surface area (Å²) in [7, 11) is 1.66. The number of anilines is 1. The highest BCUT2D eigenvalue weighted by Crippen LogP contribution is 2.25. The number of aromatic amines is 1. The molecule has 2 heterocycles. The Morgan fingerprint density at radius 2 is 2.00 bits per heavy atom. The van der Waals surface area contributed by atoms with Crippen LogP contribution < -0.4 is 15.0 Å². The summed E-state index contributed by atoms with van der Waals surface area (Å²) in [4.78, 5) is 14.7. The first-order valence-electron chi connectivity index (χ1n) is 10.5. The molecule has 4 rings (SSSR count). The van der Waals surface area contributed by atoms with Crippen molar-refractivity contribution in [3.63, 3.8) is 0 Å². The van der Waals surface area contributed by atoms with Crippen LogP contribution in [-0.2, 0) is 11.2 Å². The summed E-state index contributed by atoms with van der Waals surface area (Å²) in [5.74, 6) is 1.87. The van der Waals surface area contributed by atoms with E-state index >= 15 is 0 Å². The van der Waals surface area contributed by atoms with E-state index in [0.29, 0.717) is 6.42 Å². The third-order valence-corrected chi connectivity index (χ3v) is 5.56. The summed E-state index contributed by atoms with van der Waals surface area (Å²) in [6.45, 7) is 1.73. The lowest BCUT2D eigenvalue weighted by Crippen LogP contribution is -2.48. The molecule has 1 aliphatic heterocycles. The number of benzene rings is 2. The number of ether oxygens (including phenoxy) is 1. The maximum Gasteiger partial charge on any atom is 0.220 e. The van der Waals surface area contributed by atoms with Crippen LogP contribution in [0.3, 0.4) is 0 Å². The van der Waals surface area contributed by atoms with Crippen LogP contribution in [0.25, 0.3) is 11.3 Å². The summed E-state index contributed by atoms with van der Waals surface area (Å²) < 4.78 is 5.22. The topological polar surface area (TPSA) is 70.2 Å². The molecule has 0 bridgehead atoms. The van der Waals surface area contributed by atoms with Gasteiger partial charge in [-0.2, -0.15) is 5.10 Å². The van der Waals surface area contributed by atoms with Crippen molar-refractivity contribution in [2.45, 2.75) is 31.7 Å². The average molecular weight is 405 g/mol. The number of nitrogens with one attached hydrogen (secondary N) is 2. The summed E-state index contributed by atoms with van der Waals surface area (Å²) >= 11 is 0. The van der Waals surface area contributed by atoms with Crippen LogP contribution in [-0.4, -0.2) is 42.3 Å². The SMILES string of the molecule is COc1ccc(-c2cc(N3CCC[C@H](NC(=O)CCc4ccccc4)C3)n[nH]2)cc1. The minimum absolute atomic E-state index is 0.117. The minimum atomic E-state index is 0.117. The summed E-state index contributed by atoms with van der Waals surface area (Å²) in [5, 5.41) is 10.8. The van der Waals surface area contributed by atoms with Gasteiger partial charge in [-0.3, -0.25) is 9.89 Å². The molecular weight excluding hydrogens is 376 g/mol. The van der Waals surface area contributed by atoms with Gasteiger partial charge in [0, 0.05) is 31.6 Å². The van der Waals surface area contributed by atoms with Gasteiger partial charge in [0.25, 0.3) is 0 Å². The fourth-order valence-electron chi connectivity index (χ4n) is 3.90. The number of rotatable bonds is 7. The smallest absolute Gasteiger partial charge is 0.220 e. The van der Waals surface area contributed by atoms with Crippen molar-refractivity contribution in [2.75, 3.05) is 25.1 Å². The van der Waals surface area contributed by atoms with Gasteiger partial charge in [0.1, 0.15) is 5.75 Å². The minimum Gasteiger partial charge on any atom is -0.497 e. The van der Waals surface area contributed by atoms with Crippen LogP contribution in [0, 0.1) is 0 Å². The van der Waals surface area contributed by atoms with Crippen molar-refractivity contribution >= 4 is 11.7 Å². The molecule has 6 heteroatoms. The standard InChI is InChI=1S/C24H28N4O2/c1-30-21-12-10-19(11-13-21)22-16-23(27-26-22)28-15-5-8-20(17-28)25-24(29)14-9-18-6-3-2-4-7-18/h2-4,6-7,10-13,16,20H,5,8-9,14-15,17H2,1H3,(H,25,29)(H,26,27)/t20-/m0/s1. The lowest BCUT2D eigenvalue weighted by atomic mass is 10.0. The molecule has 0 aliphatic carbocycles. The zero-order valence-corrected chi connectivity index (χ0v) is 17.3. The fraction of sp³-hybridized carbons (Fsp3) is 0.333. The molecule has 2 N–H and O–H groups in total. The Morgan fingerprint density at radius 3 is 2.77 bits per heavy atom. The molecule has 0 spiro atoms. The third kappa shape index (κ3) is 5.00. The number of aryl methyl sites for hydroxylation is 1. The van der Waals surface area contributed by atoms with Crippen molar-refractivity contribution in [1.29, 1.82) is 0 Å². The van der Waals surface area contributed by atoms with Gasteiger partial charge in [-0.05, 0) is 54.7 Å². The van der Waals surface area contributed by atoms with Gasteiger partial charge in [0.2, 0.25) is 5.91 Å². The van der Waals surface area contributed by atoms with Crippen LogP contribution >= 0.6 is 0 Å². The summed E-state index contributed by atoms with van der Waals surface area (Å²) in [6.07, 6.45) is 3.33. The number of H-pyrrole nitrogens is 1. The van der Waals surface area contributed by atoms with Gasteiger partial charge < -0.3 is 15.0 Å². The van der Waals surface area contributed by atoms with E-state index in [1.807, 2.05) is 42.5 Å². The predicted octanol–water partition coefficient (Wildman–Crippen LogP) is 3.80. The van der Waals surface area contributed by atoms with E-state index in [-0.39, 0.29) is 11.9 Å². The predicted molar refractivity (Wildman–Crippen MR) is 119 cm³/mol. The number of piperidine rings is 1. The van der Waals surface area contributed by atoms with Gasteiger partial charge in [-0.1, -0.05) is 30.3 Å². The molecule has 30 heavy (non-hydrogen) atoms. The van der Waals surface area contributed by atoms with E-state index < -0.39 is 0 Å². The molecule has 3 aromatic rings. The molecule has 2 aromatic carbocycles. The molecule has 1 saturated heterocycles. The molecule has 1 aromatic heterocycles. The Labute approximate surface area is 177 Å². The maximum atomic E-state index is 12.4. The van der Waals surface area contributed by atoms with Gasteiger partial charge in [0.15, 0.2) is 5.82 Å². The molecule has 0 unspecified atom stereocenters.